The fourth-order valence-electron chi connectivity index (χ4n) is 2.31. The van der Waals surface area contributed by atoms with E-state index in [4.69, 9.17) is 5.73 Å². The molecule has 0 aliphatic carbocycles. The molecule has 0 saturated carbocycles. The monoisotopic (exact) mass is 236 g/mol. The van der Waals surface area contributed by atoms with Crippen LogP contribution in [-0.4, -0.2) is 24.0 Å². The Bertz CT molecular complexity index is 392. The average Bonchev–Trinajstić information content (AvgIpc) is 2.29. The smallest absolute Gasteiger partial charge is 0.126 e. The van der Waals surface area contributed by atoms with E-state index in [1.165, 1.54) is 0 Å². The summed E-state index contributed by atoms with van der Waals surface area (Å²) >= 11 is 0. The molecule has 1 fully saturated rings. The molecular weight excluding hydrogens is 215 g/mol. The minimum Gasteiger partial charge on any atom is -0.326 e. The Labute approximate surface area is 103 Å². The van der Waals surface area contributed by atoms with Crippen LogP contribution < -0.4 is 5.73 Å². The number of halogens is 1. The molecular formula is C14H21FN2. The molecule has 0 bridgehead atoms. The van der Waals surface area contributed by atoms with Crippen LogP contribution in [0.5, 0.6) is 0 Å². The van der Waals surface area contributed by atoms with E-state index >= 15 is 0 Å². The molecule has 2 nitrogen and oxygen atoms in total. The predicted molar refractivity (Wildman–Crippen MR) is 68.2 cm³/mol. The van der Waals surface area contributed by atoms with Gasteiger partial charge in [0.25, 0.3) is 0 Å². The van der Waals surface area contributed by atoms with E-state index < -0.39 is 0 Å². The van der Waals surface area contributed by atoms with Gasteiger partial charge in [-0.05, 0) is 43.0 Å². The fraction of sp³-hybridized carbons (Fsp3) is 0.571. The lowest BCUT2D eigenvalue weighted by Crippen LogP contribution is -2.47. The zero-order valence-electron chi connectivity index (χ0n) is 10.6. The quantitative estimate of drug-likeness (QED) is 0.853. The summed E-state index contributed by atoms with van der Waals surface area (Å²) in [5.41, 5.74) is 7.80. The molecule has 1 aliphatic heterocycles. The van der Waals surface area contributed by atoms with Gasteiger partial charge in [0, 0.05) is 19.1 Å². The number of nitrogens with zero attached hydrogens (tertiary/aromatic N) is 1. The number of likely N-dealkylation sites (tertiary alicyclic amines) is 1. The number of rotatable bonds is 2. The van der Waals surface area contributed by atoms with E-state index in [-0.39, 0.29) is 11.9 Å². The Kier molecular flexibility index (Phi) is 3.79. The van der Waals surface area contributed by atoms with Crippen LogP contribution in [0.4, 0.5) is 4.39 Å². The average molecular weight is 236 g/mol. The summed E-state index contributed by atoms with van der Waals surface area (Å²) in [6.07, 6.45) is 1.13. The molecule has 2 rings (SSSR count). The summed E-state index contributed by atoms with van der Waals surface area (Å²) in [5, 5.41) is 0. The molecule has 1 aromatic carbocycles. The van der Waals surface area contributed by atoms with Crippen molar-refractivity contribution in [2.75, 3.05) is 13.1 Å². The molecule has 2 atom stereocenters. The van der Waals surface area contributed by atoms with Gasteiger partial charge in [-0.25, -0.2) is 4.39 Å². The highest BCUT2D eigenvalue weighted by Gasteiger charge is 2.22. The molecule has 1 aliphatic rings. The van der Waals surface area contributed by atoms with Gasteiger partial charge in [-0.1, -0.05) is 19.1 Å². The molecule has 1 saturated heterocycles. The van der Waals surface area contributed by atoms with Crippen molar-refractivity contribution in [3.05, 3.63) is 35.1 Å². The number of aryl methyl sites for hydroxylation is 1. The Morgan fingerprint density at radius 3 is 2.88 bits per heavy atom. The summed E-state index contributed by atoms with van der Waals surface area (Å²) in [4.78, 5) is 2.31. The molecule has 2 N–H and O–H groups in total. The third-order valence-electron chi connectivity index (χ3n) is 3.74. The van der Waals surface area contributed by atoms with Gasteiger partial charge in [-0.2, -0.15) is 0 Å². The van der Waals surface area contributed by atoms with Crippen molar-refractivity contribution in [2.45, 2.75) is 32.9 Å². The Hall–Kier alpha value is -0.930. The molecule has 0 amide bonds. The third-order valence-corrected chi connectivity index (χ3v) is 3.74. The van der Waals surface area contributed by atoms with Gasteiger partial charge in [0.2, 0.25) is 0 Å². The van der Waals surface area contributed by atoms with Gasteiger partial charge in [0.15, 0.2) is 0 Å². The first-order chi connectivity index (χ1) is 8.06. The van der Waals surface area contributed by atoms with Crippen molar-refractivity contribution < 1.29 is 4.39 Å². The van der Waals surface area contributed by atoms with E-state index in [2.05, 4.69) is 11.8 Å². The Balaban J connectivity index is 1.99. The lowest BCUT2D eigenvalue weighted by molar-refractivity contribution is 0.162. The lowest BCUT2D eigenvalue weighted by atomic mass is 9.94. The summed E-state index contributed by atoms with van der Waals surface area (Å²) in [6.45, 7) is 6.77. The van der Waals surface area contributed by atoms with Crippen molar-refractivity contribution in [1.29, 1.82) is 0 Å². The molecule has 1 heterocycles. The van der Waals surface area contributed by atoms with Crippen LogP contribution >= 0.6 is 0 Å². The lowest BCUT2D eigenvalue weighted by Gasteiger charge is -2.35. The minimum absolute atomic E-state index is 0.114. The summed E-state index contributed by atoms with van der Waals surface area (Å²) < 4.78 is 13.4. The van der Waals surface area contributed by atoms with Gasteiger partial charge in [-0.3, -0.25) is 4.90 Å². The molecule has 2 unspecified atom stereocenters. The molecule has 0 spiro atoms. The first-order valence-corrected chi connectivity index (χ1v) is 6.29. The highest BCUT2D eigenvalue weighted by atomic mass is 19.1. The van der Waals surface area contributed by atoms with Gasteiger partial charge < -0.3 is 5.73 Å². The SMILES string of the molecule is Cc1ccc(CN2CCC(C)C(N)C2)cc1F. The van der Waals surface area contributed by atoms with Crippen molar-refractivity contribution in [1.82, 2.24) is 4.90 Å². The summed E-state index contributed by atoms with van der Waals surface area (Å²) in [7, 11) is 0. The number of nitrogens with two attached hydrogens (primary N) is 1. The number of benzene rings is 1. The Morgan fingerprint density at radius 1 is 1.47 bits per heavy atom. The van der Waals surface area contributed by atoms with Crippen molar-refractivity contribution >= 4 is 0 Å². The van der Waals surface area contributed by atoms with Crippen LogP contribution in [0, 0.1) is 18.7 Å². The summed E-state index contributed by atoms with van der Waals surface area (Å²) in [5.74, 6) is 0.484. The maximum absolute atomic E-state index is 13.4. The van der Waals surface area contributed by atoms with E-state index in [0.717, 1.165) is 31.6 Å². The van der Waals surface area contributed by atoms with E-state index in [1.807, 2.05) is 12.1 Å². The second kappa shape index (κ2) is 5.15. The van der Waals surface area contributed by atoms with Gasteiger partial charge in [-0.15, -0.1) is 0 Å². The van der Waals surface area contributed by atoms with E-state index in [1.54, 1.807) is 13.0 Å². The van der Waals surface area contributed by atoms with Crippen LogP contribution in [0.2, 0.25) is 0 Å². The third kappa shape index (κ3) is 3.05. The van der Waals surface area contributed by atoms with Crippen LogP contribution in [0.1, 0.15) is 24.5 Å². The highest BCUT2D eigenvalue weighted by Crippen LogP contribution is 2.18. The van der Waals surface area contributed by atoms with Gasteiger partial charge >= 0.3 is 0 Å². The minimum atomic E-state index is -0.114. The molecule has 0 radical (unpaired) electrons. The van der Waals surface area contributed by atoms with Crippen LogP contribution in [0.25, 0.3) is 0 Å². The second-order valence-corrected chi connectivity index (χ2v) is 5.25. The number of piperidine rings is 1. The largest absolute Gasteiger partial charge is 0.326 e. The fourth-order valence-corrected chi connectivity index (χ4v) is 2.31. The second-order valence-electron chi connectivity index (χ2n) is 5.25. The zero-order chi connectivity index (χ0) is 12.4. The van der Waals surface area contributed by atoms with Crippen molar-refractivity contribution in [2.24, 2.45) is 11.7 Å². The first kappa shape index (κ1) is 12.5. The van der Waals surface area contributed by atoms with Crippen LogP contribution in [0.15, 0.2) is 18.2 Å². The number of hydrogen-bond acceptors (Lipinski definition) is 2. The van der Waals surface area contributed by atoms with Crippen molar-refractivity contribution in [3.63, 3.8) is 0 Å². The normalized spacial score (nSPS) is 26.1. The maximum atomic E-state index is 13.4. The van der Waals surface area contributed by atoms with Crippen LogP contribution in [0.3, 0.4) is 0 Å². The first-order valence-electron chi connectivity index (χ1n) is 6.29. The molecule has 94 valence electrons. The highest BCUT2D eigenvalue weighted by molar-refractivity contribution is 5.23. The van der Waals surface area contributed by atoms with E-state index in [0.29, 0.717) is 11.5 Å². The molecule has 1 aromatic rings. The van der Waals surface area contributed by atoms with Crippen LogP contribution in [-0.2, 0) is 6.54 Å². The van der Waals surface area contributed by atoms with Crippen molar-refractivity contribution in [3.8, 4) is 0 Å². The standard InChI is InChI=1S/C14H21FN2/c1-10-3-4-12(7-13(10)15)8-17-6-5-11(2)14(16)9-17/h3-4,7,11,14H,5-6,8-9,16H2,1-2H3. The Morgan fingerprint density at radius 2 is 2.24 bits per heavy atom. The predicted octanol–water partition coefficient (Wildman–Crippen LogP) is 2.30. The number of hydrogen-bond donors (Lipinski definition) is 1. The molecule has 3 heteroatoms. The van der Waals surface area contributed by atoms with Gasteiger partial charge in [0.05, 0.1) is 0 Å². The van der Waals surface area contributed by atoms with Gasteiger partial charge in [0.1, 0.15) is 5.82 Å². The summed E-state index contributed by atoms with van der Waals surface area (Å²) in [6, 6.07) is 5.73. The molecule has 17 heavy (non-hydrogen) atoms. The topological polar surface area (TPSA) is 29.3 Å². The zero-order valence-corrected chi connectivity index (χ0v) is 10.6. The van der Waals surface area contributed by atoms with E-state index in [9.17, 15) is 4.39 Å². The molecule has 0 aromatic heterocycles. The maximum Gasteiger partial charge on any atom is 0.126 e.